The average molecular weight is 324 g/mol. The number of hydrogen-bond acceptors (Lipinski definition) is 5. The first kappa shape index (κ1) is 19.1. The SMILES string of the molecule is COc1ccc(CN[C@H](C)CNC(=O)OC(C)(C)C)cc1OC. The van der Waals surface area contributed by atoms with Crippen molar-refractivity contribution < 1.29 is 19.0 Å². The van der Waals surface area contributed by atoms with Gasteiger partial charge in [0.25, 0.3) is 0 Å². The molecule has 2 N–H and O–H groups in total. The average Bonchev–Trinajstić information content (AvgIpc) is 2.48. The van der Waals surface area contributed by atoms with Crippen molar-refractivity contribution in [2.24, 2.45) is 0 Å². The molecule has 0 heterocycles. The van der Waals surface area contributed by atoms with Crippen molar-refractivity contribution in [1.29, 1.82) is 0 Å². The quantitative estimate of drug-likeness (QED) is 0.807. The Morgan fingerprint density at radius 3 is 2.39 bits per heavy atom. The Morgan fingerprint density at radius 2 is 1.83 bits per heavy atom. The van der Waals surface area contributed by atoms with Gasteiger partial charge in [0.15, 0.2) is 11.5 Å². The van der Waals surface area contributed by atoms with Gasteiger partial charge in [0.1, 0.15) is 5.60 Å². The summed E-state index contributed by atoms with van der Waals surface area (Å²) in [6, 6.07) is 5.89. The molecule has 0 spiro atoms. The molecule has 1 aromatic carbocycles. The van der Waals surface area contributed by atoms with Crippen LogP contribution in [-0.4, -0.2) is 38.5 Å². The molecule has 6 nitrogen and oxygen atoms in total. The highest BCUT2D eigenvalue weighted by molar-refractivity contribution is 5.67. The van der Waals surface area contributed by atoms with Crippen LogP contribution in [0.15, 0.2) is 18.2 Å². The number of alkyl carbamates (subject to hydrolysis) is 1. The molecule has 0 aliphatic carbocycles. The van der Waals surface area contributed by atoms with Gasteiger partial charge in [0.2, 0.25) is 0 Å². The van der Waals surface area contributed by atoms with Crippen LogP contribution in [0.3, 0.4) is 0 Å². The molecule has 1 aromatic rings. The molecule has 0 aromatic heterocycles. The molecule has 0 aliphatic heterocycles. The van der Waals surface area contributed by atoms with E-state index in [9.17, 15) is 4.79 Å². The molecule has 130 valence electrons. The van der Waals surface area contributed by atoms with Crippen molar-refractivity contribution in [2.45, 2.75) is 45.9 Å². The largest absolute Gasteiger partial charge is 0.493 e. The van der Waals surface area contributed by atoms with Crippen LogP contribution in [0, 0.1) is 0 Å². The number of carbonyl (C=O) groups excluding carboxylic acids is 1. The Kier molecular flexibility index (Phi) is 7.16. The number of nitrogens with one attached hydrogen (secondary N) is 2. The fourth-order valence-corrected chi connectivity index (χ4v) is 1.91. The first-order chi connectivity index (χ1) is 10.7. The minimum absolute atomic E-state index is 0.107. The third-order valence-electron chi connectivity index (χ3n) is 3.05. The maximum atomic E-state index is 11.6. The highest BCUT2D eigenvalue weighted by atomic mass is 16.6. The summed E-state index contributed by atoms with van der Waals surface area (Å²) in [6.45, 7) is 8.67. The zero-order chi connectivity index (χ0) is 17.5. The van der Waals surface area contributed by atoms with Crippen molar-refractivity contribution in [3.63, 3.8) is 0 Å². The summed E-state index contributed by atoms with van der Waals surface area (Å²) in [7, 11) is 3.22. The van der Waals surface area contributed by atoms with Gasteiger partial charge in [-0.2, -0.15) is 0 Å². The van der Waals surface area contributed by atoms with Gasteiger partial charge in [0.05, 0.1) is 14.2 Å². The lowest BCUT2D eigenvalue weighted by atomic mass is 10.2. The lowest BCUT2D eigenvalue weighted by molar-refractivity contribution is 0.0523. The van der Waals surface area contributed by atoms with E-state index in [1.807, 2.05) is 45.9 Å². The summed E-state index contributed by atoms with van der Waals surface area (Å²) in [4.78, 5) is 11.6. The number of benzene rings is 1. The summed E-state index contributed by atoms with van der Waals surface area (Å²) < 4.78 is 15.7. The lowest BCUT2D eigenvalue weighted by Crippen LogP contribution is -2.40. The normalized spacial score (nSPS) is 12.4. The van der Waals surface area contributed by atoms with Crippen LogP contribution in [0.5, 0.6) is 11.5 Å². The monoisotopic (exact) mass is 324 g/mol. The first-order valence-corrected chi connectivity index (χ1v) is 7.66. The number of carbonyl (C=O) groups is 1. The van der Waals surface area contributed by atoms with Crippen molar-refractivity contribution in [2.75, 3.05) is 20.8 Å². The molecule has 0 fully saturated rings. The van der Waals surface area contributed by atoms with Crippen LogP contribution in [0.2, 0.25) is 0 Å². The van der Waals surface area contributed by atoms with E-state index in [4.69, 9.17) is 14.2 Å². The summed E-state index contributed by atoms with van der Waals surface area (Å²) >= 11 is 0. The zero-order valence-corrected chi connectivity index (χ0v) is 14.9. The van der Waals surface area contributed by atoms with Crippen LogP contribution in [0.4, 0.5) is 4.79 Å². The molecule has 0 saturated carbocycles. The Morgan fingerprint density at radius 1 is 1.17 bits per heavy atom. The second-order valence-electron chi connectivity index (χ2n) is 6.35. The number of ether oxygens (including phenoxy) is 3. The predicted molar refractivity (Wildman–Crippen MR) is 90.1 cm³/mol. The summed E-state index contributed by atoms with van der Waals surface area (Å²) in [5.41, 5.74) is 0.590. The molecule has 6 heteroatoms. The summed E-state index contributed by atoms with van der Waals surface area (Å²) in [5, 5.41) is 6.09. The Balaban J connectivity index is 2.41. The first-order valence-electron chi connectivity index (χ1n) is 7.66. The molecule has 0 radical (unpaired) electrons. The van der Waals surface area contributed by atoms with Gasteiger partial charge in [-0.15, -0.1) is 0 Å². The van der Waals surface area contributed by atoms with Gasteiger partial charge >= 0.3 is 6.09 Å². The zero-order valence-electron chi connectivity index (χ0n) is 14.9. The van der Waals surface area contributed by atoms with Crippen LogP contribution >= 0.6 is 0 Å². The van der Waals surface area contributed by atoms with E-state index in [-0.39, 0.29) is 6.04 Å². The van der Waals surface area contributed by atoms with Crippen LogP contribution < -0.4 is 20.1 Å². The number of amides is 1. The minimum Gasteiger partial charge on any atom is -0.493 e. The maximum Gasteiger partial charge on any atom is 0.407 e. The van der Waals surface area contributed by atoms with Crippen LogP contribution in [0.25, 0.3) is 0 Å². The van der Waals surface area contributed by atoms with Gasteiger partial charge in [-0.1, -0.05) is 6.07 Å². The van der Waals surface area contributed by atoms with Crippen LogP contribution in [0.1, 0.15) is 33.3 Å². The van der Waals surface area contributed by atoms with E-state index in [1.54, 1.807) is 14.2 Å². The van der Waals surface area contributed by atoms with E-state index >= 15 is 0 Å². The van der Waals surface area contributed by atoms with Gasteiger partial charge in [-0.3, -0.25) is 0 Å². The number of methoxy groups -OCH3 is 2. The van der Waals surface area contributed by atoms with E-state index in [0.717, 1.165) is 5.56 Å². The molecule has 1 amide bonds. The minimum atomic E-state index is -0.486. The summed E-state index contributed by atoms with van der Waals surface area (Å²) in [5.74, 6) is 1.40. The smallest absolute Gasteiger partial charge is 0.407 e. The fourth-order valence-electron chi connectivity index (χ4n) is 1.91. The van der Waals surface area contributed by atoms with Crippen molar-refractivity contribution >= 4 is 6.09 Å². The molecule has 0 unspecified atom stereocenters. The molecular formula is C17H28N2O4. The molecule has 0 bridgehead atoms. The Bertz CT molecular complexity index is 512. The van der Waals surface area contributed by atoms with Crippen molar-refractivity contribution in [1.82, 2.24) is 10.6 Å². The Hall–Kier alpha value is -1.95. The van der Waals surface area contributed by atoms with Crippen molar-refractivity contribution in [3.05, 3.63) is 23.8 Å². The van der Waals surface area contributed by atoms with Gasteiger partial charge in [-0.25, -0.2) is 4.79 Å². The fraction of sp³-hybridized carbons (Fsp3) is 0.588. The molecular weight excluding hydrogens is 296 g/mol. The highest BCUT2D eigenvalue weighted by Crippen LogP contribution is 2.27. The number of rotatable bonds is 7. The standard InChI is InChI=1S/C17H28N2O4/c1-12(10-19-16(20)23-17(2,3)4)18-11-13-7-8-14(21-5)15(9-13)22-6/h7-9,12,18H,10-11H2,1-6H3,(H,19,20)/t12-/m1/s1. The van der Waals surface area contributed by atoms with Gasteiger partial charge in [0, 0.05) is 19.1 Å². The molecule has 23 heavy (non-hydrogen) atoms. The third-order valence-corrected chi connectivity index (χ3v) is 3.05. The van der Waals surface area contributed by atoms with Crippen molar-refractivity contribution in [3.8, 4) is 11.5 Å². The second-order valence-corrected chi connectivity index (χ2v) is 6.35. The Labute approximate surface area is 138 Å². The molecule has 1 rings (SSSR count). The lowest BCUT2D eigenvalue weighted by Gasteiger charge is -2.21. The van der Waals surface area contributed by atoms with E-state index in [2.05, 4.69) is 10.6 Å². The topological polar surface area (TPSA) is 68.8 Å². The van der Waals surface area contributed by atoms with E-state index in [0.29, 0.717) is 24.6 Å². The number of hydrogen-bond donors (Lipinski definition) is 2. The molecule has 0 aliphatic rings. The summed E-state index contributed by atoms with van der Waals surface area (Å²) in [6.07, 6.45) is -0.405. The van der Waals surface area contributed by atoms with Crippen LogP contribution in [-0.2, 0) is 11.3 Å². The predicted octanol–water partition coefficient (Wildman–Crippen LogP) is 2.71. The van der Waals surface area contributed by atoms with Gasteiger partial charge in [-0.05, 0) is 45.4 Å². The molecule has 0 saturated heterocycles. The second kappa shape index (κ2) is 8.62. The maximum absolute atomic E-state index is 11.6. The molecule has 1 atom stereocenters. The van der Waals surface area contributed by atoms with Gasteiger partial charge < -0.3 is 24.8 Å². The van der Waals surface area contributed by atoms with E-state index in [1.165, 1.54) is 0 Å². The van der Waals surface area contributed by atoms with E-state index < -0.39 is 11.7 Å². The third kappa shape index (κ3) is 7.23. The highest BCUT2D eigenvalue weighted by Gasteiger charge is 2.16.